The summed E-state index contributed by atoms with van der Waals surface area (Å²) in [6.07, 6.45) is 0. The van der Waals surface area contributed by atoms with E-state index in [0.717, 1.165) is 27.8 Å². The highest BCUT2D eigenvalue weighted by molar-refractivity contribution is 5.84. The average Bonchev–Trinajstić information content (AvgIpc) is 2.79. The number of rotatable bonds is 5. The first-order valence-corrected chi connectivity index (χ1v) is 10.1. The Balaban J connectivity index is 1.54. The van der Waals surface area contributed by atoms with Gasteiger partial charge in [0.25, 0.3) is 5.79 Å². The molecule has 0 aliphatic carbocycles. The third kappa shape index (κ3) is 3.60. The number of hydrogen-bond acceptors (Lipinski definition) is 2. The molecule has 0 N–H and O–H groups in total. The van der Waals surface area contributed by atoms with Crippen LogP contribution in [0.1, 0.15) is 12.5 Å². The van der Waals surface area contributed by atoms with Crippen molar-refractivity contribution in [3.63, 3.8) is 0 Å². The van der Waals surface area contributed by atoms with Gasteiger partial charge in [-0.1, -0.05) is 91.0 Å². The summed E-state index contributed by atoms with van der Waals surface area (Å²) in [4.78, 5) is 0. The van der Waals surface area contributed by atoms with E-state index in [-0.39, 0.29) is 0 Å². The SMILES string of the molecule is CC(Oc1ccc2ccccc2c1)(Oc1ccc2ccccc2c1)c1ccccc1. The highest BCUT2D eigenvalue weighted by Crippen LogP contribution is 2.33. The molecule has 0 aliphatic heterocycles. The topological polar surface area (TPSA) is 18.5 Å². The van der Waals surface area contributed by atoms with Crippen LogP contribution in [0, 0.1) is 0 Å². The molecule has 0 saturated heterocycles. The van der Waals surface area contributed by atoms with Crippen molar-refractivity contribution in [1.29, 1.82) is 0 Å². The first-order chi connectivity index (χ1) is 14.7. The van der Waals surface area contributed by atoms with Crippen molar-refractivity contribution in [2.24, 2.45) is 0 Å². The van der Waals surface area contributed by atoms with Crippen LogP contribution in [0.15, 0.2) is 115 Å². The molecule has 0 spiro atoms. The van der Waals surface area contributed by atoms with Crippen molar-refractivity contribution in [3.8, 4) is 11.5 Å². The van der Waals surface area contributed by atoms with Crippen LogP contribution < -0.4 is 9.47 Å². The van der Waals surface area contributed by atoms with Crippen molar-refractivity contribution in [2.45, 2.75) is 12.7 Å². The van der Waals surface area contributed by atoms with E-state index in [1.54, 1.807) is 0 Å². The summed E-state index contributed by atoms with van der Waals surface area (Å²) in [6.45, 7) is 1.96. The molecule has 0 aliphatic rings. The molecule has 5 aromatic rings. The molecule has 0 aromatic heterocycles. The molecular formula is C28H22O2. The fourth-order valence-electron chi connectivity index (χ4n) is 3.79. The maximum Gasteiger partial charge on any atom is 0.275 e. The highest BCUT2D eigenvalue weighted by atomic mass is 16.7. The van der Waals surface area contributed by atoms with Gasteiger partial charge in [-0.2, -0.15) is 0 Å². The second kappa shape index (κ2) is 7.57. The van der Waals surface area contributed by atoms with E-state index < -0.39 is 5.79 Å². The van der Waals surface area contributed by atoms with Crippen LogP contribution in [-0.2, 0) is 5.79 Å². The predicted molar refractivity (Wildman–Crippen MR) is 123 cm³/mol. The second-order valence-electron chi connectivity index (χ2n) is 7.53. The lowest BCUT2D eigenvalue weighted by Gasteiger charge is -2.32. The second-order valence-corrected chi connectivity index (χ2v) is 7.53. The summed E-state index contributed by atoms with van der Waals surface area (Å²) in [6, 6.07) is 38.8. The summed E-state index contributed by atoms with van der Waals surface area (Å²) in [5.41, 5.74) is 0.950. The van der Waals surface area contributed by atoms with Gasteiger partial charge in [-0.05, 0) is 45.8 Å². The monoisotopic (exact) mass is 390 g/mol. The van der Waals surface area contributed by atoms with Gasteiger partial charge in [0.1, 0.15) is 11.5 Å². The quantitative estimate of drug-likeness (QED) is 0.293. The van der Waals surface area contributed by atoms with E-state index in [1.165, 1.54) is 10.8 Å². The standard InChI is InChI=1S/C28H22O2/c1-28(25-13-3-2-4-14-25,29-26-17-15-21-9-5-7-11-23(21)19-26)30-27-18-16-22-10-6-8-12-24(22)20-27/h2-20H,1H3. The summed E-state index contributed by atoms with van der Waals surface area (Å²) < 4.78 is 13.0. The molecule has 0 amide bonds. The van der Waals surface area contributed by atoms with Gasteiger partial charge in [0.2, 0.25) is 0 Å². The van der Waals surface area contributed by atoms with Gasteiger partial charge >= 0.3 is 0 Å². The molecule has 0 bridgehead atoms. The Morgan fingerprint density at radius 3 is 1.40 bits per heavy atom. The molecule has 0 heterocycles. The molecular weight excluding hydrogens is 368 g/mol. The van der Waals surface area contributed by atoms with Gasteiger partial charge in [0, 0.05) is 12.5 Å². The lowest BCUT2D eigenvalue weighted by atomic mass is 10.1. The molecule has 0 unspecified atom stereocenters. The molecule has 2 heteroatoms. The zero-order chi connectivity index (χ0) is 20.4. The largest absolute Gasteiger partial charge is 0.448 e. The van der Waals surface area contributed by atoms with Crippen LogP contribution in [0.25, 0.3) is 21.5 Å². The van der Waals surface area contributed by atoms with Gasteiger partial charge < -0.3 is 9.47 Å². The van der Waals surface area contributed by atoms with Gasteiger partial charge in [-0.15, -0.1) is 0 Å². The third-order valence-electron chi connectivity index (χ3n) is 5.37. The molecule has 0 saturated carbocycles. The van der Waals surface area contributed by atoms with Crippen molar-refractivity contribution in [3.05, 3.63) is 121 Å². The minimum absolute atomic E-state index is 0.765. The maximum absolute atomic E-state index is 6.49. The summed E-state index contributed by atoms with van der Waals surface area (Å²) in [5, 5.41) is 4.63. The van der Waals surface area contributed by atoms with Crippen molar-refractivity contribution in [2.75, 3.05) is 0 Å². The lowest BCUT2D eigenvalue weighted by Crippen LogP contribution is -2.36. The number of benzene rings is 5. The smallest absolute Gasteiger partial charge is 0.275 e. The molecule has 146 valence electrons. The van der Waals surface area contributed by atoms with Crippen LogP contribution >= 0.6 is 0 Å². The third-order valence-corrected chi connectivity index (χ3v) is 5.37. The summed E-state index contributed by atoms with van der Waals surface area (Å²) in [7, 11) is 0. The zero-order valence-corrected chi connectivity index (χ0v) is 16.8. The van der Waals surface area contributed by atoms with E-state index in [0.29, 0.717) is 0 Å². The van der Waals surface area contributed by atoms with Crippen LogP contribution in [0.4, 0.5) is 0 Å². The van der Waals surface area contributed by atoms with Crippen LogP contribution in [0.5, 0.6) is 11.5 Å². The van der Waals surface area contributed by atoms with Gasteiger partial charge in [0.05, 0.1) is 0 Å². The molecule has 0 atom stereocenters. The van der Waals surface area contributed by atoms with E-state index >= 15 is 0 Å². The Kier molecular flexibility index (Phi) is 4.61. The summed E-state index contributed by atoms with van der Waals surface area (Å²) >= 11 is 0. The van der Waals surface area contributed by atoms with Gasteiger partial charge in [-0.3, -0.25) is 0 Å². The minimum atomic E-state index is -0.980. The number of fused-ring (bicyclic) bond motifs is 2. The maximum atomic E-state index is 6.49. The molecule has 0 radical (unpaired) electrons. The van der Waals surface area contributed by atoms with E-state index in [2.05, 4.69) is 48.5 Å². The molecule has 30 heavy (non-hydrogen) atoms. The van der Waals surface area contributed by atoms with Crippen molar-refractivity contribution < 1.29 is 9.47 Å². The Labute approximate surface area is 176 Å². The van der Waals surface area contributed by atoms with E-state index in [4.69, 9.17) is 9.47 Å². The van der Waals surface area contributed by atoms with Crippen LogP contribution in [0.3, 0.4) is 0 Å². The highest BCUT2D eigenvalue weighted by Gasteiger charge is 2.31. The van der Waals surface area contributed by atoms with Crippen molar-refractivity contribution >= 4 is 21.5 Å². The Morgan fingerprint density at radius 1 is 0.467 bits per heavy atom. The predicted octanol–water partition coefficient (Wildman–Crippen LogP) is 7.32. The first-order valence-electron chi connectivity index (χ1n) is 10.1. The Bertz CT molecular complexity index is 1230. The molecule has 2 nitrogen and oxygen atoms in total. The lowest BCUT2D eigenvalue weighted by molar-refractivity contribution is -0.105. The first kappa shape index (κ1) is 18.3. The fourth-order valence-corrected chi connectivity index (χ4v) is 3.79. The van der Waals surface area contributed by atoms with Gasteiger partial charge in [-0.25, -0.2) is 0 Å². The average molecular weight is 390 g/mol. The molecule has 5 aromatic carbocycles. The van der Waals surface area contributed by atoms with E-state index in [1.807, 2.05) is 73.7 Å². The molecule has 0 fully saturated rings. The van der Waals surface area contributed by atoms with E-state index in [9.17, 15) is 0 Å². The van der Waals surface area contributed by atoms with Crippen molar-refractivity contribution in [1.82, 2.24) is 0 Å². The zero-order valence-electron chi connectivity index (χ0n) is 16.8. The summed E-state index contributed by atoms with van der Waals surface area (Å²) in [5.74, 6) is 0.549. The Hall–Kier alpha value is -3.78. The van der Waals surface area contributed by atoms with Gasteiger partial charge in [0.15, 0.2) is 0 Å². The Morgan fingerprint density at radius 2 is 0.900 bits per heavy atom. The minimum Gasteiger partial charge on any atom is -0.448 e. The number of ether oxygens (including phenoxy) is 2. The van der Waals surface area contributed by atoms with Crippen LogP contribution in [0.2, 0.25) is 0 Å². The fraction of sp³-hybridized carbons (Fsp3) is 0.0714. The molecule has 5 rings (SSSR count). The van der Waals surface area contributed by atoms with Crippen LogP contribution in [-0.4, -0.2) is 0 Å². The number of hydrogen-bond donors (Lipinski definition) is 0. The normalized spacial score (nSPS) is 11.5.